The molecule has 0 aliphatic carbocycles. The van der Waals surface area contributed by atoms with Crippen molar-refractivity contribution in [3.63, 3.8) is 0 Å². The number of halogens is 1. The minimum Gasteiger partial charge on any atom is -0.478 e. The second-order valence-corrected chi connectivity index (χ2v) is 4.32. The number of benzene rings is 1. The highest BCUT2D eigenvalue weighted by Gasteiger charge is 2.16. The van der Waals surface area contributed by atoms with Crippen LogP contribution in [0.3, 0.4) is 0 Å². The van der Waals surface area contributed by atoms with Gasteiger partial charge in [-0.2, -0.15) is 8.42 Å². The van der Waals surface area contributed by atoms with Crippen LogP contribution in [0, 0.1) is 0 Å². The summed E-state index contributed by atoms with van der Waals surface area (Å²) in [7, 11) is -4.02. The highest BCUT2D eigenvalue weighted by atomic mass is 35.5. The van der Waals surface area contributed by atoms with Gasteiger partial charge in [-0.3, -0.25) is 4.72 Å². The van der Waals surface area contributed by atoms with Crippen molar-refractivity contribution in [1.29, 1.82) is 0 Å². The van der Waals surface area contributed by atoms with Crippen molar-refractivity contribution in [2.75, 3.05) is 4.72 Å². The molecule has 4 N–H and O–H groups in total. The van der Waals surface area contributed by atoms with Gasteiger partial charge >= 0.3 is 5.97 Å². The Hall–Kier alpha value is -1.31. The number of carboxylic acid groups (broad SMARTS) is 1. The van der Waals surface area contributed by atoms with E-state index in [2.05, 4.69) is 0 Å². The highest BCUT2D eigenvalue weighted by Crippen LogP contribution is 2.24. The Bertz CT molecular complexity index is 500. The molecule has 0 aromatic heterocycles. The fourth-order valence-electron chi connectivity index (χ4n) is 0.980. The molecular weight excluding hydrogens is 244 g/mol. The fraction of sp³-hybridized carbons (Fsp3) is 0. The SMILES string of the molecule is NS(=O)(=O)Nc1cccc(Cl)c1C(=O)O. The summed E-state index contributed by atoms with van der Waals surface area (Å²) >= 11 is 5.60. The smallest absolute Gasteiger partial charge is 0.339 e. The Morgan fingerprint density at radius 2 is 2.07 bits per heavy atom. The number of anilines is 1. The van der Waals surface area contributed by atoms with Crippen LogP contribution in [0.25, 0.3) is 0 Å². The van der Waals surface area contributed by atoms with Gasteiger partial charge in [0.2, 0.25) is 0 Å². The molecule has 0 radical (unpaired) electrons. The number of carbonyl (C=O) groups is 1. The maximum atomic E-state index is 10.8. The summed E-state index contributed by atoms with van der Waals surface area (Å²) in [4.78, 5) is 10.8. The number of aromatic carboxylic acids is 1. The zero-order valence-electron chi connectivity index (χ0n) is 7.27. The summed E-state index contributed by atoms with van der Waals surface area (Å²) in [6.07, 6.45) is 0. The van der Waals surface area contributed by atoms with E-state index < -0.39 is 16.2 Å². The molecule has 0 atom stereocenters. The second-order valence-electron chi connectivity index (χ2n) is 2.61. The summed E-state index contributed by atoms with van der Waals surface area (Å²) in [5.41, 5.74) is -0.509. The Labute approximate surface area is 90.8 Å². The quantitative estimate of drug-likeness (QED) is 0.732. The van der Waals surface area contributed by atoms with E-state index in [4.69, 9.17) is 21.8 Å². The summed E-state index contributed by atoms with van der Waals surface area (Å²) in [5, 5.41) is 13.4. The molecule has 0 aliphatic heterocycles. The van der Waals surface area contributed by atoms with E-state index in [0.717, 1.165) is 0 Å². The van der Waals surface area contributed by atoms with Crippen molar-refractivity contribution < 1.29 is 18.3 Å². The maximum absolute atomic E-state index is 10.8. The number of nitrogens with two attached hydrogens (primary N) is 1. The van der Waals surface area contributed by atoms with Crippen molar-refractivity contribution in [2.24, 2.45) is 5.14 Å². The van der Waals surface area contributed by atoms with Gasteiger partial charge in [0.05, 0.1) is 10.7 Å². The van der Waals surface area contributed by atoms with Crippen LogP contribution in [0.4, 0.5) is 5.69 Å². The van der Waals surface area contributed by atoms with Crippen LogP contribution in [-0.4, -0.2) is 19.5 Å². The second kappa shape index (κ2) is 4.05. The first-order valence-electron chi connectivity index (χ1n) is 3.63. The van der Waals surface area contributed by atoms with E-state index in [1.54, 1.807) is 0 Å². The molecule has 0 spiro atoms. The van der Waals surface area contributed by atoms with Crippen LogP contribution in [-0.2, 0) is 10.2 Å². The lowest BCUT2D eigenvalue weighted by molar-refractivity contribution is 0.0698. The lowest BCUT2D eigenvalue weighted by atomic mass is 10.2. The van der Waals surface area contributed by atoms with Crippen LogP contribution in [0.2, 0.25) is 5.02 Å². The molecule has 1 rings (SSSR count). The number of carboxylic acids is 1. The molecule has 0 saturated carbocycles. The molecule has 82 valence electrons. The van der Waals surface area contributed by atoms with Crippen LogP contribution in [0.5, 0.6) is 0 Å². The minimum atomic E-state index is -4.02. The standard InChI is InChI=1S/C7H7ClN2O4S/c8-4-2-1-3-5(6(4)7(11)12)10-15(9,13)14/h1-3,10H,(H,11,12)(H2,9,13,14). The van der Waals surface area contributed by atoms with Crippen LogP contribution < -0.4 is 9.86 Å². The Balaban J connectivity index is 3.30. The van der Waals surface area contributed by atoms with Crippen molar-refractivity contribution >= 4 is 33.5 Å². The summed E-state index contributed by atoms with van der Waals surface area (Å²) in [6, 6.07) is 3.99. The molecule has 0 bridgehead atoms. The average molecular weight is 251 g/mol. The van der Waals surface area contributed by atoms with Crippen molar-refractivity contribution in [3.05, 3.63) is 28.8 Å². The summed E-state index contributed by atoms with van der Waals surface area (Å²) in [5.74, 6) is -1.34. The van der Waals surface area contributed by atoms with Gasteiger partial charge in [-0.1, -0.05) is 17.7 Å². The third-order valence-electron chi connectivity index (χ3n) is 1.48. The van der Waals surface area contributed by atoms with Gasteiger partial charge < -0.3 is 5.11 Å². The number of rotatable bonds is 3. The van der Waals surface area contributed by atoms with Gasteiger partial charge in [0.25, 0.3) is 10.2 Å². The molecule has 8 heteroatoms. The molecule has 0 heterocycles. The van der Waals surface area contributed by atoms with Gasteiger partial charge in [0.1, 0.15) is 5.56 Å². The highest BCUT2D eigenvalue weighted by molar-refractivity contribution is 7.90. The Kier molecular flexibility index (Phi) is 3.18. The molecular formula is C7H7ClN2O4S. The zero-order chi connectivity index (χ0) is 11.6. The fourth-order valence-corrected chi connectivity index (χ4v) is 1.71. The van der Waals surface area contributed by atoms with Crippen LogP contribution >= 0.6 is 11.6 Å². The van der Waals surface area contributed by atoms with Crippen LogP contribution in [0.1, 0.15) is 10.4 Å². The summed E-state index contributed by atoms with van der Waals surface area (Å²) in [6.45, 7) is 0. The first-order chi connectivity index (χ1) is 6.81. The lowest BCUT2D eigenvalue weighted by Crippen LogP contribution is -2.23. The molecule has 0 saturated heterocycles. The predicted molar refractivity (Wildman–Crippen MR) is 55.1 cm³/mol. The third-order valence-corrected chi connectivity index (χ3v) is 2.30. The number of nitrogens with one attached hydrogen (secondary N) is 1. The van der Waals surface area contributed by atoms with E-state index in [9.17, 15) is 13.2 Å². The first-order valence-corrected chi connectivity index (χ1v) is 5.56. The van der Waals surface area contributed by atoms with E-state index >= 15 is 0 Å². The average Bonchev–Trinajstić information content (AvgIpc) is 1.99. The molecule has 0 fully saturated rings. The van der Waals surface area contributed by atoms with Gasteiger partial charge in [0.15, 0.2) is 0 Å². The van der Waals surface area contributed by atoms with E-state index in [1.807, 2.05) is 4.72 Å². The summed E-state index contributed by atoms with van der Waals surface area (Å²) < 4.78 is 23.3. The van der Waals surface area contributed by atoms with Gasteiger partial charge in [-0.05, 0) is 12.1 Å². The minimum absolute atomic E-state index is 0.0730. The molecule has 6 nitrogen and oxygen atoms in total. The van der Waals surface area contributed by atoms with E-state index in [1.165, 1.54) is 18.2 Å². The molecule has 1 aromatic carbocycles. The normalized spacial score (nSPS) is 11.1. The van der Waals surface area contributed by atoms with Crippen molar-refractivity contribution in [3.8, 4) is 0 Å². The predicted octanol–water partition coefficient (Wildman–Crippen LogP) is 0.654. The topological polar surface area (TPSA) is 109 Å². The van der Waals surface area contributed by atoms with E-state index in [0.29, 0.717) is 0 Å². The molecule has 1 aromatic rings. The van der Waals surface area contributed by atoms with Crippen LogP contribution in [0.15, 0.2) is 18.2 Å². The largest absolute Gasteiger partial charge is 0.478 e. The zero-order valence-corrected chi connectivity index (χ0v) is 8.84. The lowest BCUT2D eigenvalue weighted by Gasteiger charge is -2.08. The van der Waals surface area contributed by atoms with Gasteiger partial charge in [-0.15, -0.1) is 0 Å². The maximum Gasteiger partial charge on any atom is 0.339 e. The van der Waals surface area contributed by atoms with Crippen molar-refractivity contribution in [2.45, 2.75) is 0 Å². The Morgan fingerprint density at radius 3 is 2.53 bits per heavy atom. The van der Waals surface area contributed by atoms with Gasteiger partial charge in [-0.25, -0.2) is 9.93 Å². The van der Waals surface area contributed by atoms with E-state index in [-0.39, 0.29) is 16.3 Å². The molecule has 0 unspecified atom stereocenters. The monoisotopic (exact) mass is 250 g/mol. The number of hydrogen-bond acceptors (Lipinski definition) is 3. The number of hydrogen-bond donors (Lipinski definition) is 3. The molecule has 0 aliphatic rings. The first kappa shape index (κ1) is 11.8. The van der Waals surface area contributed by atoms with Crippen molar-refractivity contribution in [1.82, 2.24) is 0 Å². The molecule has 15 heavy (non-hydrogen) atoms. The van der Waals surface area contributed by atoms with Gasteiger partial charge in [0, 0.05) is 0 Å². The third kappa shape index (κ3) is 3.08. The Morgan fingerprint density at radius 1 is 1.47 bits per heavy atom. The molecule has 0 amide bonds.